The van der Waals surface area contributed by atoms with Gasteiger partial charge in [-0.2, -0.15) is 16.4 Å². The summed E-state index contributed by atoms with van der Waals surface area (Å²) >= 11 is 1.59. The van der Waals surface area contributed by atoms with E-state index in [1.807, 2.05) is 29.1 Å². The number of thiophene rings is 1. The summed E-state index contributed by atoms with van der Waals surface area (Å²) in [6.07, 6.45) is 3.54. The molecule has 0 fully saturated rings. The van der Waals surface area contributed by atoms with E-state index in [1.54, 1.807) is 22.2 Å². The van der Waals surface area contributed by atoms with E-state index in [9.17, 15) is 9.59 Å². The molecular formula is C13H15N3O3S. The summed E-state index contributed by atoms with van der Waals surface area (Å²) in [5.41, 5.74) is 1.08. The Bertz CT molecular complexity index is 517. The Morgan fingerprint density at radius 1 is 1.55 bits per heavy atom. The van der Waals surface area contributed by atoms with Crippen LogP contribution in [0.1, 0.15) is 18.5 Å². The van der Waals surface area contributed by atoms with Crippen LogP contribution >= 0.6 is 11.3 Å². The van der Waals surface area contributed by atoms with Crippen LogP contribution in [0, 0.1) is 0 Å². The second-order valence-corrected chi connectivity index (χ2v) is 4.92. The monoisotopic (exact) mass is 293 g/mol. The lowest BCUT2D eigenvalue weighted by atomic mass is 10.1. The van der Waals surface area contributed by atoms with E-state index in [1.165, 1.54) is 6.92 Å². The first-order valence-corrected chi connectivity index (χ1v) is 7.02. The molecule has 2 aromatic heterocycles. The molecule has 0 aliphatic heterocycles. The van der Waals surface area contributed by atoms with Crippen LogP contribution in [0.4, 0.5) is 0 Å². The van der Waals surface area contributed by atoms with Crippen LogP contribution in [0.2, 0.25) is 0 Å². The van der Waals surface area contributed by atoms with Crippen molar-refractivity contribution in [2.75, 3.05) is 13.2 Å². The minimum absolute atomic E-state index is 0.0717. The number of carbonyl (C=O) groups is 2. The maximum Gasteiger partial charge on any atom is 0.303 e. The summed E-state index contributed by atoms with van der Waals surface area (Å²) < 4.78 is 6.43. The number of esters is 1. The molecule has 20 heavy (non-hydrogen) atoms. The molecule has 6 nitrogen and oxygen atoms in total. The number of carbonyl (C=O) groups excluding carboxylic acids is 2. The molecule has 0 aliphatic carbocycles. The normalized spacial score (nSPS) is 11.8. The maximum absolute atomic E-state index is 11.6. The zero-order valence-corrected chi connectivity index (χ0v) is 11.8. The summed E-state index contributed by atoms with van der Waals surface area (Å²) in [5.74, 6) is -0.797. The maximum atomic E-state index is 11.6. The Balaban J connectivity index is 1.96. The van der Waals surface area contributed by atoms with Gasteiger partial charge in [0, 0.05) is 25.9 Å². The van der Waals surface area contributed by atoms with Crippen molar-refractivity contribution in [3.8, 4) is 0 Å². The third-order valence-corrected chi connectivity index (χ3v) is 3.37. The van der Waals surface area contributed by atoms with E-state index in [-0.39, 0.29) is 18.6 Å². The zero-order valence-electron chi connectivity index (χ0n) is 11.0. The highest BCUT2D eigenvalue weighted by Crippen LogP contribution is 2.19. The van der Waals surface area contributed by atoms with Gasteiger partial charge < -0.3 is 10.1 Å². The number of amides is 1. The number of ether oxygens (including phenoxy) is 1. The topological polar surface area (TPSA) is 73.2 Å². The average molecular weight is 293 g/mol. The highest BCUT2D eigenvalue weighted by molar-refractivity contribution is 7.07. The Hall–Kier alpha value is -2.15. The van der Waals surface area contributed by atoms with E-state index in [0.717, 1.165) is 5.56 Å². The minimum atomic E-state index is -0.471. The van der Waals surface area contributed by atoms with E-state index in [0.29, 0.717) is 6.54 Å². The molecule has 0 aromatic carbocycles. The molecule has 0 spiro atoms. The van der Waals surface area contributed by atoms with Gasteiger partial charge in [-0.15, -0.1) is 0 Å². The molecule has 7 heteroatoms. The highest BCUT2D eigenvalue weighted by atomic mass is 32.1. The summed E-state index contributed by atoms with van der Waals surface area (Å²) in [6, 6.07) is 3.76. The van der Waals surface area contributed by atoms with Gasteiger partial charge in [-0.1, -0.05) is 0 Å². The van der Waals surface area contributed by atoms with Crippen molar-refractivity contribution in [2.45, 2.75) is 13.0 Å². The molecule has 0 aliphatic rings. The first kappa shape index (κ1) is 14.3. The summed E-state index contributed by atoms with van der Waals surface area (Å²) in [5, 5.41) is 10.9. The van der Waals surface area contributed by atoms with E-state index < -0.39 is 5.97 Å². The molecule has 1 N–H and O–H groups in total. The van der Waals surface area contributed by atoms with Crippen LogP contribution in [-0.4, -0.2) is 34.8 Å². The van der Waals surface area contributed by atoms with Crippen molar-refractivity contribution in [3.05, 3.63) is 40.8 Å². The fourth-order valence-electron chi connectivity index (χ4n) is 1.72. The fraction of sp³-hybridized carbons (Fsp3) is 0.308. The third kappa shape index (κ3) is 3.92. The molecule has 2 aromatic rings. The van der Waals surface area contributed by atoms with Crippen molar-refractivity contribution in [1.29, 1.82) is 0 Å². The van der Waals surface area contributed by atoms with Crippen LogP contribution in [0.15, 0.2) is 35.3 Å². The molecule has 2 rings (SSSR count). The molecule has 106 valence electrons. The van der Waals surface area contributed by atoms with Crippen molar-refractivity contribution < 1.29 is 14.3 Å². The lowest BCUT2D eigenvalue weighted by Gasteiger charge is -2.17. The second kappa shape index (κ2) is 6.85. The van der Waals surface area contributed by atoms with Gasteiger partial charge in [0.05, 0.1) is 6.04 Å². The molecule has 0 saturated carbocycles. The number of hydrogen-bond donors (Lipinski definition) is 1. The van der Waals surface area contributed by atoms with Crippen LogP contribution in [0.5, 0.6) is 0 Å². The number of rotatable bonds is 6. The lowest BCUT2D eigenvalue weighted by molar-refractivity contribution is -0.146. The summed E-state index contributed by atoms with van der Waals surface area (Å²) in [7, 11) is 0. The number of aromatic nitrogens is 2. The third-order valence-electron chi connectivity index (χ3n) is 2.67. The molecular weight excluding hydrogens is 278 g/mol. The SMILES string of the molecule is CC(=O)OCC(=O)NC[C@H](c1ccsc1)n1cccn1. The van der Waals surface area contributed by atoms with Crippen LogP contribution in [0.3, 0.4) is 0 Å². The standard InChI is InChI=1S/C13H15N3O3S/c1-10(17)19-8-13(18)14-7-12(11-3-6-20-9-11)16-5-2-4-15-16/h2-6,9,12H,7-8H2,1H3,(H,14,18)/t12-/m1/s1. The first-order chi connectivity index (χ1) is 9.66. The number of nitrogens with zero attached hydrogens (tertiary/aromatic N) is 2. The Labute approximate surface area is 120 Å². The zero-order chi connectivity index (χ0) is 14.4. The van der Waals surface area contributed by atoms with Gasteiger partial charge in [0.1, 0.15) is 0 Å². The van der Waals surface area contributed by atoms with Gasteiger partial charge in [0.2, 0.25) is 0 Å². The summed E-state index contributed by atoms with van der Waals surface area (Å²) in [4.78, 5) is 22.2. The molecule has 0 radical (unpaired) electrons. The highest BCUT2D eigenvalue weighted by Gasteiger charge is 2.16. The number of nitrogens with one attached hydrogen (secondary N) is 1. The van der Waals surface area contributed by atoms with Crippen molar-refractivity contribution in [2.24, 2.45) is 0 Å². The lowest BCUT2D eigenvalue weighted by Crippen LogP contribution is -2.34. The minimum Gasteiger partial charge on any atom is -0.456 e. The van der Waals surface area contributed by atoms with Crippen molar-refractivity contribution in [3.63, 3.8) is 0 Å². The van der Waals surface area contributed by atoms with Gasteiger partial charge in [0.25, 0.3) is 5.91 Å². The summed E-state index contributed by atoms with van der Waals surface area (Å²) in [6.45, 7) is 1.40. The predicted octanol–water partition coefficient (Wildman–Crippen LogP) is 1.21. The number of hydrogen-bond acceptors (Lipinski definition) is 5. The fourth-order valence-corrected chi connectivity index (χ4v) is 2.43. The quantitative estimate of drug-likeness (QED) is 0.813. The van der Waals surface area contributed by atoms with Gasteiger partial charge in [0.15, 0.2) is 6.61 Å². The molecule has 1 amide bonds. The predicted molar refractivity (Wildman–Crippen MR) is 74.3 cm³/mol. The van der Waals surface area contributed by atoms with Crippen molar-refractivity contribution >= 4 is 23.2 Å². The van der Waals surface area contributed by atoms with E-state index in [4.69, 9.17) is 0 Å². The molecule has 0 bridgehead atoms. The van der Waals surface area contributed by atoms with Gasteiger partial charge >= 0.3 is 5.97 Å². The second-order valence-electron chi connectivity index (χ2n) is 4.14. The largest absolute Gasteiger partial charge is 0.456 e. The Morgan fingerprint density at radius 3 is 3.00 bits per heavy atom. The first-order valence-electron chi connectivity index (χ1n) is 6.08. The van der Waals surface area contributed by atoms with Crippen molar-refractivity contribution in [1.82, 2.24) is 15.1 Å². The van der Waals surface area contributed by atoms with E-state index in [2.05, 4.69) is 15.2 Å². The van der Waals surface area contributed by atoms with Crippen LogP contribution in [0.25, 0.3) is 0 Å². The molecule has 0 unspecified atom stereocenters. The Morgan fingerprint density at radius 2 is 2.40 bits per heavy atom. The van der Waals surface area contributed by atoms with Gasteiger partial charge in [-0.3, -0.25) is 14.3 Å². The Kier molecular flexibility index (Phi) is 4.89. The molecule has 0 saturated heterocycles. The van der Waals surface area contributed by atoms with Gasteiger partial charge in [-0.05, 0) is 28.5 Å². The molecule has 2 heterocycles. The van der Waals surface area contributed by atoms with Crippen LogP contribution in [-0.2, 0) is 14.3 Å². The van der Waals surface area contributed by atoms with E-state index >= 15 is 0 Å². The average Bonchev–Trinajstić information content (AvgIpc) is 3.09. The molecule has 1 atom stereocenters. The van der Waals surface area contributed by atoms with Crippen LogP contribution < -0.4 is 5.32 Å². The smallest absolute Gasteiger partial charge is 0.303 e. The van der Waals surface area contributed by atoms with Gasteiger partial charge in [-0.25, -0.2) is 0 Å².